The van der Waals surface area contributed by atoms with Crippen molar-refractivity contribution in [3.63, 3.8) is 0 Å². The van der Waals surface area contributed by atoms with Crippen LogP contribution in [0.2, 0.25) is 0 Å². The quantitative estimate of drug-likeness (QED) is 0.555. The second kappa shape index (κ2) is 2.75. The van der Waals surface area contributed by atoms with E-state index in [1.165, 1.54) is 23.7 Å². The van der Waals surface area contributed by atoms with Gasteiger partial charge in [0.25, 0.3) is 0 Å². The highest BCUT2D eigenvalue weighted by Crippen LogP contribution is 2.53. The molecule has 0 nitrogen and oxygen atoms in total. The highest BCUT2D eigenvalue weighted by Gasteiger charge is 2.43. The van der Waals surface area contributed by atoms with Gasteiger partial charge in [-0.2, -0.15) is 0 Å². The average molecular weight is 164 g/mol. The average Bonchev–Trinajstić information content (AvgIpc) is 2.81. The maximum atomic E-state index is 1.62. The van der Waals surface area contributed by atoms with Crippen LogP contribution < -0.4 is 0 Å². The first-order valence-corrected chi connectivity index (χ1v) is 5.93. The summed E-state index contributed by atoms with van der Waals surface area (Å²) < 4.78 is 0. The molecule has 3 rings (SSSR count). The minimum atomic E-state index is 1.17. The Balaban J connectivity index is 1.69. The standard InChI is InChI=1S/C12H20/c1-2-4-10(3-1)12-8-9-5-6-11(12)7-9/h9-12H,1-8H2. The Bertz CT molecular complexity index is 167. The van der Waals surface area contributed by atoms with Gasteiger partial charge in [0.2, 0.25) is 0 Å². The van der Waals surface area contributed by atoms with Gasteiger partial charge in [0, 0.05) is 0 Å². The fourth-order valence-electron chi connectivity index (χ4n) is 4.26. The summed E-state index contributed by atoms with van der Waals surface area (Å²) in [6.45, 7) is 0. The molecule has 3 fully saturated rings. The van der Waals surface area contributed by atoms with E-state index in [0.717, 1.165) is 0 Å². The maximum absolute atomic E-state index is 1.62. The van der Waals surface area contributed by atoms with E-state index < -0.39 is 0 Å². The van der Waals surface area contributed by atoms with Crippen molar-refractivity contribution in [3.8, 4) is 0 Å². The smallest absolute Gasteiger partial charge is 0.0355 e. The predicted octanol–water partition coefficient (Wildman–Crippen LogP) is 3.61. The van der Waals surface area contributed by atoms with Gasteiger partial charge in [0.05, 0.1) is 0 Å². The van der Waals surface area contributed by atoms with Crippen molar-refractivity contribution >= 4 is 0 Å². The molecule has 0 N–H and O–H groups in total. The summed E-state index contributed by atoms with van der Waals surface area (Å²) in [5.41, 5.74) is 0. The lowest BCUT2D eigenvalue weighted by Crippen LogP contribution is -2.18. The third kappa shape index (κ3) is 1.03. The highest BCUT2D eigenvalue weighted by molar-refractivity contribution is 4.93. The van der Waals surface area contributed by atoms with Crippen molar-refractivity contribution in [3.05, 3.63) is 0 Å². The van der Waals surface area contributed by atoms with Crippen molar-refractivity contribution in [2.45, 2.75) is 51.4 Å². The lowest BCUT2D eigenvalue weighted by molar-refractivity contribution is 0.230. The van der Waals surface area contributed by atoms with Gasteiger partial charge in [0.15, 0.2) is 0 Å². The van der Waals surface area contributed by atoms with Crippen LogP contribution in [0.5, 0.6) is 0 Å². The van der Waals surface area contributed by atoms with Crippen LogP contribution in [0.1, 0.15) is 51.4 Å². The van der Waals surface area contributed by atoms with Crippen LogP contribution in [-0.4, -0.2) is 0 Å². The first-order valence-electron chi connectivity index (χ1n) is 5.93. The molecule has 3 unspecified atom stereocenters. The molecule has 3 atom stereocenters. The molecule has 12 heavy (non-hydrogen) atoms. The van der Waals surface area contributed by atoms with Crippen molar-refractivity contribution in [2.24, 2.45) is 23.7 Å². The maximum Gasteiger partial charge on any atom is -0.0355 e. The van der Waals surface area contributed by atoms with Crippen molar-refractivity contribution in [1.29, 1.82) is 0 Å². The molecular formula is C12H20. The predicted molar refractivity (Wildman–Crippen MR) is 50.9 cm³/mol. The van der Waals surface area contributed by atoms with Crippen LogP contribution >= 0.6 is 0 Å². The zero-order valence-electron chi connectivity index (χ0n) is 7.97. The third-order valence-electron chi connectivity index (χ3n) is 4.80. The second-order valence-electron chi connectivity index (χ2n) is 5.38. The summed E-state index contributed by atoms with van der Waals surface area (Å²) in [5, 5.41) is 0. The van der Waals surface area contributed by atoms with Crippen LogP contribution in [0.3, 0.4) is 0 Å². The fraction of sp³-hybridized carbons (Fsp3) is 1.00. The third-order valence-corrected chi connectivity index (χ3v) is 4.80. The SMILES string of the molecule is C1CCC(C2CC3CCC2C3)C1. The minimum absolute atomic E-state index is 1.17. The van der Waals surface area contributed by atoms with Gasteiger partial charge >= 0.3 is 0 Å². The van der Waals surface area contributed by atoms with E-state index in [-0.39, 0.29) is 0 Å². The van der Waals surface area contributed by atoms with Gasteiger partial charge in [-0.1, -0.05) is 32.1 Å². The van der Waals surface area contributed by atoms with Crippen LogP contribution in [0.4, 0.5) is 0 Å². The van der Waals surface area contributed by atoms with E-state index in [9.17, 15) is 0 Å². The van der Waals surface area contributed by atoms with Gasteiger partial charge in [-0.3, -0.25) is 0 Å². The van der Waals surface area contributed by atoms with E-state index in [1.54, 1.807) is 51.4 Å². The lowest BCUT2D eigenvalue weighted by Gasteiger charge is -2.27. The first-order chi connectivity index (χ1) is 5.93. The molecule has 0 aromatic heterocycles. The molecule has 0 radical (unpaired) electrons. The summed E-state index contributed by atoms with van der Waals surface area (Å²) in [6, 6.07) is 0. The zero-order chi connectivity index (χ0) is 7.97. The summed E-state index contributed by atoms with van der Waals surface area (Å²) in [4.78, 5) is 0. The molecule has 0 heterocycles. The largest absolute Gasteiger partial charge is 0.0530 e. The molecule has 0 amide bonds. The van der Waals surface area contributed by atoms with Crippen molar-refractivity contribution in [1.82, 2.24) is 0 Å². The lowest BCUT2D eigenvalue weighted by atomic mass is 9.78. The topological polar surface area (TPSA) is 0 Å². The van der Waals surface area contributed by atoms with E-state index in [2.05, 4.69) is 0 Å². The second-order valence-corrected chi connectivity index (χ2v) is 5.38. The molecular weight excluding hydrogens is 144 g/mol. The Morgan fingerprint density at radius 2 is 1.50 bits per heavy atom. The fourth-order valence-corrected chi connectivity index (χ4v) is 4.26. The summed E-state index contributed by atoms with van der Waals surface area (Å²) in [6.07, 6.45) is 12.6. The number of hydrogen-bond acceptors (Lipinski definition) is 0. The molecule has 3 aliphatic rings. The molecule has 0 aromatic carbocycles. The van der Waals surface area contributed by atoms with Crippen LogP contribution in [0.25, 0.3) is 0 Å². The Morgan fingerprint density at radius 1 is 0.667 bits per heavy atom. The molecule has 3 aliphatic carbocycles. The van der Waals surface area contributed by atoms with Gasteiger partial charge in [-0.15, -0.1) is 0 Å². The first kappa shape index (κ1) is 7.41. The highest BCUT2D eigenvalue weighted by atomic mass is 14.5. The van der Waals surface area contributed by atoms with Crippen LogP contribution in [-0.2, 0) is 0 Å². The van der Waals surface area contributed by atoms with Gasteiger partial charge in [0.1, 0.15) is 0 Å². The Labute approximate surface area is 75.7 Å². The van der Waals surface area contributed by atoms with Crippen molar-refractivity contribution in [2.75, 3.05) is 0 Å². The number of fused-ring (bicyclic) bond motifs is 2. The van der Waals surface area contributed by atoms with Crippen LogP contribution in [0.15, 0.2) is 0 Å². The monoisotopic (exact) mass is 164 g/mol. The Hall–Kier alpha value is 0. The zero-order valence-corrected chi connectivity index (χ0v) is 7.97. The van der Waals surface area contributed by atoms with E-state index in [0.29, 0.717) is 0 Å². The molecule has 0 heteroatoms. The van der Waals surface area contributed by atoms with Crippen LogP contribution in [0, 0.1) is 23.7 Å². The molecule has 68 valence electrons. The number of hydrogen-bond donors (Lipinski definition) is 0. The normalized spacial score (nSPS) is 47.5. The molecule has 0 saturated heterocycles. The van der Waals surface area contributed by atoms with E-state index in [1.807, 2.05) is 0 Å². The van der Waals surface area contributed by atoms with Gasteiger partial charge in [-0.25, -0.2) is 0 Å². The Kier molecular flexibility index (Phi) is 1.70. The molecule has 0 spiro atoms. The molecule has 2 bridgehead atoms. The molecule has 0 aromatic rings. The van der Waals surface area contributed by atoms with Gasteiger partial charge < -0.3 is 0 Å². The summed E-state index contributed by atoms with van der Waals surface area (Å²) in [7, 11) is 0. The van der Waals surface area contributed by atoms with Crippen molar-refractivity contribution < 1.29 is 0 Å². The Morgan fingerprint density at radius 3 is 2.08 bits per heavy atom. The number of rotatable bonds is 1. The molecule has 0 aliphatic heterocycles. The van der Waals surface area contributed by atoms with E-state index in [4.69, 9.17) is 0 Å². The summed E-state index contributed by atoms with van der Waals surface area (Å²) >= 11 is 0. The minimum Gasteiger partial charge on any atom is -0.0530 e. The van der Waals surface area contributed by atoms with E-state index >= 15 is 0 Å². The molecule has 3 saturated carbocycles. The van der Waals surface area contributed by atoms with Gasteiger partial charge in [-0.05, 0) is 42.9 Å². The summed E-state index contributed by atoms with van der Waals surface area (Å²) in [5.74, 6) is 4.70.